The molecule has 2 aromatic rings. The topological polar surface area (TPSA) is 75.4 Å². The van der Waals surface area contributed by atoms with E-state index < -0.39 is 15.8 Å². The second-order valence-electron chi connectivity index (χ2n) is 6.43. The van der Waals surface area contributed by atoms with E-state index in [1.54, 1.807) is 0 Å². The largest absolute Gasteiger partial charge is 0.361 e. The van der Waals surface area contributed by atoms with Crippen molar-refractivity contribution in [3.05, 3.63) is 47.1 Å². The Labute approximate surface area is 147 Å². The minimum atomic E-state index is -3.62. The molecule has 0 amide bonds. The van der Waals surface area contributed by atoms with Crippen molar-refractivity contribution in [1.29, 1.82) is 0 Å². The van der Waals surface area contributed by atoms with Crippen molar-refractivity contribution in [3.8, 4) is 0 Å². The Morgan fingerprint density at radius 3 is 2.44 bits per heavy atom. The van der Waals surface area contributed by atoms with Crippen LogP contribution in [0.2, 0.25) is 0 Å². The van der Waals surface area contributed by atoms with Crippen LogP contribution in [0.1, 0.15) is 29.9 Å². The second kappa shape index (κ2) is 7.23. The molecule has 0 radical (unpaired) electrons. The van der Waals surface area contributed by atoms with Gasteiger partial charge in [0.05, 0.1) is 10.6 Å². The molecule has 1 aliphatic heterocycles. The number of likely N-dealkylation sites (tertiary alicyclic amines) is 1. The third kappa shape index (κ3) is 4.26. The van der Waals surface area contributed by atoms with Crippen molar-refractivity contribution in [3.63, 3.8) is 0 Å². The Kier molecular flexibility index (Phi) is 5.21. The normalized spacial score (nSPS) is 17.1. The van der Waals surface area contributed by atoms with E-state index in [-0.39, 0.29) is 10.9 Å². The van der Waals surface area contributed by atoms with Crippen LogP contribution in [0.3, 0.4) is 0 Å². The van der Waals surface area contributed by atoms with Gasteiger partial charge in [0.1, 0.15) is 11.6 Å². The van der Waals surface area contributed by atoms with Gasteiger partial charge in [0.25, 0.3) is 0 Å². The Morgan fingerprint density at radius 1 is 1.24 bits per heavy atom. The summed E-state index contributed by atoms with van der Waals surface area (Å²) >= 11 is 0. The summed E-state index contributed by atoms with van der Waals surface area (Å²) < 4.78 is 45.6. The predicted octanol–water partition coefficient (Wildman–Crippen LogP) is 2.37. The number of halogens is 1. The molecule has 25 heavy (non-hydrogen) atoms. The monoisotopic (exact) mass is 367 g/mol. The number of sulfonamides is 1. The van der Waals surface area contributed by atoms with Crippen LogP contribution < -0.4 is 4.72 Å². The second-order valence-corrected chi connectivity index (χ2v) is 8.14. The maximum absolute atomic E-state index is 13.0. The Morgan fingerprint density at radius 2 is 1.88 bits per heavy atom. The van der Waals surface area contributed by atoms with E-state index in [2.05, 4.69) is 14.8 Å². The van der Waals surface area contributed by atoms with Crippen LogP contribution in [-0.4, -0.2) is 37.6 Å². The van der Waals surface area contributed by atoms with Crippen LogP contribution in [0.4, 0.5) is 4.39 Å². The van der Waals surface area contributed by atoms with Crippen LogP contribution in [0.15, 0.2) is 33.7 Å². The van der Waals surface area contributed by atoms with Crippen molar-refractivity contribution in [2.75, 3.05) is 13.1 Å². The van der Waals surface area contributed by atoms with E-state index in [4.69, 9.17) is 4.52 Å². The summed E-state index contributed by atoms with van der Waals surface area (Å²) in [5, 5.41) is 3.96. The molecule has 0 spiro atoms. The fourth-order valence-electron chi connectivity index (χ4n) is 3.06. The van der Waals surface area contributed by atoms with E-state index in [0.29, 0.717) is 0 Å². The highest BCUT2D eigenvalue weighted by atomic mass is 32.2. The molecule has 136 valence electrons. The molecule has 1 N–H and O–H groups in total. The van der Waals surface area contributed by atoms with Crippen molar-refractivity contribution in [1.82, 2.24) is 14.8 Å². The standard InChI is InChI=1S/C17H22FN3O3S/c1-12-17(13(2)24-19-12)11-21-9-7-15(8-10-21)20-25(22,23)16-5-3-14(18)4-6-16/h3-6,15,20H,7-11H2,1-2H3. The number of benzene rings is 1. The molecule has 8 heteroatoms. The van der Waals surface area contributed by atoms with Crippen molar-refractivity contribution >= 4 is 10.0 Å². The highest BCUT2D eigenvalue weighted by Gasteiger charge is 2.25. The first-order chi connectivity index (χ1) is 11.8. The smallest absolute Gasteiger partial charge is 0.240 e. The molecule has 1 aromatic carbocycles. The first-order valence-corrected chi connectivity index (χ1v) is 9.75. The third-order valence-electron chi connectivity index (χ3n) is 4.60. The summed E-state index contributed by atoms with van der Waals surface area (Å²) in [4.78, 5) is 2.36. The molecule has 0 aliphatic carbocycles. The highest BCUT2D eigenvalue weighted by Crippen LogP contribution is 2.20. The van der Waals surface area contributed by atoms with E-state index >= 15 is 0 Å². The van der Waals surface area contributed by atoms with Gasteiger partial charge >= 0.3 is 0 Å². The molecule has 0 atom stereocenters. The van der Waals surface area contributed by atoms with Gasteiger partial charge in [-0.25, -0.2) is 17.5 Å². The number of aryl methyl sites for hydroxylation is 2. The Hall–Kier alpha value is -1.77. The number of nitrogens with zero attached hydrogens (tertiary/aromatic N) is 2. The molecule has 3 rings (SSSR count). The lowest BCUT2D eigenvalue weighted by Crippen LogP contribution is -2.44. The van der Waals surface area contributed by atoms with Crippen LogP contribution in [0.25, 0.3) is 0 Å². The van der Waals surface area contributed by atoms with Gasteiger partial charge in [-0.05, 0) is 51.0 Å². The summed E-state index contributed by atoms with van der Waals surface area (Å²) in [5.41, 5.74) is 2.00. The number of nitrogens with one attached hydrogen (secondary N) is 1. The quantitative estimate of drug-likeness (QED) is 0.878. The van der Waals surface area contributed by atoms with Gasteiger partial charge in [-0.2, -0.15) is 0 Å². The van der Waals surface area contributed by atoms with Crippen molar-refractivity contribution in [2.45, 2.75) is 44.2 Å². The molecule has 1 aliphatic rings. The lowest BCUT2D eigenvalue weighted by atomic mass is 10.1. The summed E-state index contributed by atoms with van der Waals surface area (Å²) in [7, 11) is -3.62. The van der Waals surface area contributed by atoms with Crippen molar-refractivity contribution in [2.24, 2.45) is 0 Å². The first kappa shape index (κ1) is 18.0. The number of rotatable bonds is 5. The van der Waals surface area contributed by atoms with Gasteiger partial charge < -0.3 is 4.52 Å². The van der Waals surface area contributed by atoms with Crippen LogP contribution in [-0.2, 0) is 16.6 Å². The molecule has 6 nitrogen and oxygen atoms in total. The Balaban J connectivity index is 1.56. The fourth-order valence-corrected chi connectivity index (χ4v) is 4.37. The molecule has 0 saturated carbocycles. The fraction of sp³-hybridized carbons (Fsp3) is 0.471. The molecular formula is C17H22FN3O3S. The van der Waals surface area contributed by atoms with Gasteiger partial charge in [0.15, 0.2) is 0 Å². The molecule has 0 bridgehead atoms. The predicted molar refractivity (Wildman–Crippen MR) is 91.0 cm³/mol. The number of hydrogen-bond acceptors (Lipinski definition) is 5. The van der Waals surface area contributed by atoms with Crippen molar-refractivity contribution < 1.29 is 17.3 Å². The summed E-state index contributed by atoms with van der Waals surface area (Å²) in [6.07, 6.45) is 1.45. The summed E-state index contributed by atoms with van der Waals surface area (Å²) in [6, 6.07) is 4.76. The average Bonchev–Trinajstić information content (AvgIpc) is 2.89. The van der Waals surface area contributed by atoms with Gasteiger partial charge in [-0.3, -0.25) is 4.90 Å². The lowest BCUT2D eigenvalue weighted by molar-refractivity contribution is 0.198. The molecule has 2 heterocycles. The molecule has 1 aromatic heterocycles. The Bertz CT molecular complexity index is 806. The van der Waals surface area contributed by atoms with Gasteiger partial charge in [-0.1, -0.05) is 5.16 Å². The minimum absolute atomic E-state index is 0.0899. The van der Waals surface area contributed by atoms with E-state index in [9.17, 15) is 12.8 Å². The van der Waals surface area contributed by atoms with Crippen LogP contribution in [0.5, 0.6) is 0 Å². The number of piperidine rings is 1. The molecular weight excluding hydrogens is 345 g/mol. The molecule has 0 unspecified atom stereocenters. The molecule has 1 saturated heterocycles. The highest BCUT2D eigenvalue weighted by molar-refractivity contribution is 7.89. The first-order valence-electron chi connectivity index (χ1n) is 8.27. The van der Waals surface area contributed by atoms with Crippen LogP contribution >= 0.6 is 0 Å². The SMILES string of the molecule is Cc1noc(C)c1CN1CCC(NS(=O)(=O)c2ccc(F)cc2)CC1. The number of hydrogen-bond donors (Lipinski definition) is 1. The zero-order valence-electron chi connectivity index (χ0n) is 14.3. The van der Waals surface area contributed by atoms with Gasteiger partial charge in [0, 0.05) is 31.2 Å². The summed E-state index contributed by atoms with van der Waals surface area (Å²) in [5.74, 6) is 0.378. The lowest BCUT2D eigenvalue weighted by Gasteiger charge is -2.32. The minimum Gasteiger partial charge on any atom is -0.361 e. The molecule has 1 fully saturated rings. The van der Waals surface area contributed by atoms with Gasteiger partial charge in [-0.15, -0.1) is 0 Å². The van der Waals surface area contributed by atoms with E-state index in [1.165, 1.54) is 12.1 Å². The maximum atomic E-state index is 13.0. The average molecular weight is 367 g/mol. The third-order valence-corrected chi connectivity index (χ3v) is 6.13. The van der Waals surface area contributed by atoms with Gasteiger partial charge in [0.2, 0.25) is 10.0 Å². The zero-order chi connectivity index (χ0) is 18.0. The summed E-state index contributed by atoms with van der Waals surface area (Å²) in [6.45, 7) is 6.17. The van der Waals surface area contributed by atoms with Crippen LogP contribution in [0, 0.1) is 19.7 Å². The zero-order valence-corrected chi connectivity index (χ0v) is 15.1. The number of aromatic nitrogens is 1. The van der Waals surface area contributed by atoms with E-state index in [0.717, 1.165) is 61.6 Å². The maximum Gasteiger partial charge on any atom is 0.240 e. The van der Waals surface area contributed by atoms with E-state index in [1.807, 2.05) is 13.8 Å².